The summed E-state index contributed by atoms with van der Waals surface area (Å²) in [5, 5.41) is 14.1. The highest BCUT2D eigenvalue weighted by Gasteiger charge is 2.24. The number of nitro groups is 1. The van der Waals surface area contributed by atoms with E-state index in [0.717, 1.165) is 5.56 Å². The van der Waals surface area contributed by atoms with Gasteiger partial charge in [-0.2, -0.15) is 0 Å². The molecule has 0 unspecified atom stereocenters. The van der Waals surface area contributed by atoms with Crippen molar-refractivity contribution in [3.63, 3.8) is 0 Å². The predicted octanol–water partition coefficient (Wildman–Crippen LogP) is 2.51. The average Bonchev–Trinajstić information content (AvgIpc) is 3.27. The van der Waals surface area contributed by atoms with Gasteiger partial charge in [-0.15, -0.1) is 0 Å². The van der Waals surface area contributed by atoms with Gasteiger partial charge in [-0.25, -0.2) is 9.97 Å². The van der Waals surface area contributed by atoms with Crippen LogP contribution in [0.2, 0.25) is 0 Å². The van der Waals surface area contributed by atoms with Crippen LogP contribution in [0.4, 0.5) is 5.69 Å². The first kappa shape index (κ1) is 19.8. The van der Waals surface area contributed by atoms with Crippen LogP contribution in [0.25, 0.3) is 5.82 Å². The van der Waals surface area contributed by atoms with E-state index in [1.165, 1.54) is 19.2 Å². The largest absolute Gasteiger partial charge is 0.493 e. The third-order valence-corrected chi connectivity index (χ3v) is 4.05. The number of rotatable bonds is 8. The van der Waals surface area contributed by atoms with Crippen molar-refractivity contribution in [2.75, 3.05) is 13.7 Å². The van der Waals surface area contributed by atoms with E-state index in [9.17, 15) is 14.9 Å². The van der Waals surface area contributed by atoms with Crippen molar-refractivity contribution in [2.24, 2.45) is 0 Å². The lowest BCUT2D eigenvalue weighted by atomic mass is 10.1. The fourth-order valence-corrected chi connectivity index (χ4v) is 2.66. The van der Waals surface area contributed by atoms with Gasteiger partial charge in [-0.05, 0) is 18.6 Å². The number of aromatic nitrogens is 3. The summed E-state index contributed by atoms with van der Waals surface area (Å²) < 4.78 is 12.3. The van der Waals surface area contributed by atoms with Crippen LogP contribution < -0.4 is 14.8 Å². The van der Waals surface area contributed by atoms with E-state index in [1.807, 2.05) is 0 Å². The standard InChI is InChI=1S/C19H19N5O5/c1-3-29-17-9-15(24(26)27)14(8-16(17)28-2)19(25)22-11-13-4-5-18(21-10-13)23-7-6-20-12-23/h4-10,12H,3,11H2,1-2H3,(H,22,25). The van der Waals surface area contributed by atoms with Gasteiger partial charge in [0, 0.05) is 31.2 Å². The summed E-state index contributed by atoms with van der Waals surface area (Å²) >= 11 is 0. The van der Waals surface area contributed by atoms with E-state index in [1.54, 1.807) is 48.5 Å². The second-order valence-corrected chi connectivity index (χ2v) is 5.89. The van der Waals surface area contributed by atoms with Crippen LogP contribution in [0.1, 0.15) is 22.8 Å². The Bertz CT molecular complexity index is 1000. The molecule has 1 amide bonds. The van der Waals surface area contributed by atoms with Crippen LogP contribution in [-0.2, 0) is 6.54 Å². The number of hydrogen-bond donors (Lipinski definition) is 1. The lowest BCUT2D eigenvalue weighted by Crippen LogP contribution is -2.24. The molecule has 1 aromatic carbocycles. The number of methoxy groups -OCH3 is 1. The molecule has 0 bridgehead atoms. The normalized spacial score (nSPS) is 10.4. The van der Waals surface area contributed by atoms with Crippen molar-refractivity contribution in [3.05, 3.63) is 70.4 Å². The van der Waals surface area contributed by atoms with Gasteiger partial charge >= 0.3 is 0 Å². The molecule has 1 N–H and O–H groups in total. The monoisotopic (exact) mass is 397 g/mol. The zero-order valence-electron chi connectivity index (χ0n) is 15.9. The van der Waals surface area contributed by atoms with Gasteiger partial charge in [0.1, 0.15) is 17.7 Å². The minimum absolute atomic E-state index is 0.113. The molecule has 0 atom stereocenters. The molecule has 150 valence electrons. The first-order chi connectivity index (χ1) is 14.0. The van der Waals surface area contributed by atoms with Gasteiger partial charge in [0.05, 0.1) is 24.7 Å². The Hall–Kier alpha value is -3.95. The topological polar surface area (TPSA) is 121 Å². The number of nitro benzene ring substituents is 1. The maximum Gasteiger partial charge on any atom is 0.286 e. The van der Waals surface area contributed by atoms with Crippen molar-refractivity contribution in [1.29, 1.82) is 0 Å². The van der Waals surface area contributed by atoms with E-state index in [-0.39, 0.29) is 29.3 Å². The van der Waals surface area contributed by atoms with Gasteiger partial charge in [0.15, 0.2) is 11.5 Å². The first-order valence-corrected chi connectivity index (χ1v) is 8.74. The lowest BCUT2D eigenvalue weighted by molar-refractivity contribution is -0.385. The zero-order chi connectivity index (χ0) is 20.8. The molecule has 3 aromatic rings. The molecule has 2 heterocycles. The van der Waals surface area contributed by atoms with Gasteiger partial charge in [0.25, 0.3) is 11.6 Å². The molecule has 0 aliphatic carbocycles. The number of benzene rings is 1. The molecule has 0 spiro atoms. The number of nitrogens with one attached hydrogen (secondary N) is 1. The molecule has 10 nitrogen and oxygen atoms in total. The molecule has 0 aliphatic heterocycles. The number of amides is 1. The van der Waals surface area contributed by atoms with Crippen molar-refractivity contribution >= 4 is 11.6 Å². The van der Waals surface area contributed by atoms with Crippen LogP contribution in [0, 0.1) is 10.1 Å². The van der Waals surface area contributed by atoms with Crippen molar-refractivity contribution < 1.29 is 19.2 Å². The van der Waals surface area contributed by atoms with Crippen LogP contribution in [0.15, 0.2) is 49.2 Å². The summed E-state index contributed by atoms with van der Waals surface area (Å²) in [7, 11) is 1.40. The molecule has 0 aliphatic rings. The highest BCUT2D eigenvalue weighted by atomic mass is 16.6. The van der Waals surface area contributed by atoms with E-state index >= 15 is 0 Å². The summed E-state index contributed by atoms with van der Waals surface area (Å²) in [6.07, 6.45) is 6.65. The molecule has 3 rings (SSSR count). The highest BCUT2D eigenvalue weighted by Crippen LogP contribution is 2.34. The smallest absolute Gasteiger partial charge is 0.286 e. The van der Waals surface area contributed by atoms with Crippen molar-refractivity contribution in [2.45, 2.75) is 13.5 Å². The third-order valence-electron chi connectivity index (χ3n) is 4.05. The third kappa shape index (κ3) is 4.49. The Morgan fingerprint density at radius 2 is 2.14 bits per heavy atom. The fourth-order valence-electron chi connectivity index (χ4n) is 2.66. The van der Waals surface area contributed by atoms with Crippen LogP contribution >= 0.6 is 0 Å². The van der Waals surface area contributed by atoms with Crippen LogP contribution in [0.3, 0.4) is 0 Å². The molecular formula is C19H19N5O5. The number of pyridine rings is 1. The fraction of sp³-hybridized carbons (Fsp3) is 0.211. The zero-order valence-corrected chi connectivity index (χ0v) is 15.9. The molecule has 29 heavy (non-hydrogen) atoms. The van der Waals surface area contributed by atoms with E-state index in [4.69, 9.17) is 9.47 Å². The molecule has 0 fully saturated rings. The quantitative estimate of drug-likeness (QED) is 0.458. The molecule has 2 aromatic heterocycles. The van der Waals surface area contributed by atoms with Gasteiger partial charge in [-0.3, -0.25) is 19.5 Å². The van der Waals surface area contributed by atoms with Crippen molar-refractivity contribution in [1.82, 2.24) is 19.9 Å². The summed E-state index contributed by atoms with van der Waals surface area (Å²) in [5.74, 6) is 0.535. The summed E-state index contributed by atoms with van der Waals surface area (Å²) in [6.45, 7) is 2.21. The number of imidazole rings is 1. The SMILES string of the molecule is CCOc1cc([N+](=O)[O-])c(C(=O)NCc2ccc(-n3ccnc3)nc2)cc1OC. The molecule has 0 radical (unpaired) electrons. The minimum Gasteiger partial charge on any atom is -0.493 e. The molecule has 0 saturated carbocycles. The molecular weight excluding hydrogens is 378 g/mol. The Labute approximate surface area is 166 Å². The summed E-state index contributed by atoms with van der Waals surface area (Å²) in [6, 6.07) is 6.08. The summed E-state index contributed by atoms with van der Waals surface area (Å²) in [5.41, 5.74) is 0.265. The van der Waals surface area contributed by atoms with Gasteiger partial charge in [0.2, 0.25) is 0 Å². The number of nitrogens with zero attached hydrogens (tertiary/aromatic N) is 4. The number of carbonyl (C=O) groups is 1. The van der Waals surface area contributed by atoms with Gasteiger partial charge in [-0.1, -0.05) is 6.07 Å². The van der Waals surface area contributed by atoms with Crippen molar-refractivity contribution in [3.8, 4) is 17.3 Å². The Morgan fingerprint density at radius 1 is 1.31 bits per heavy atom. The summed E-state index contributed by atoms with van der Waals surface area (Å²) in [4.78, 5) is 31.6. The number of carbonyl (C=O) groups excluding carboxylic acids is 1. The molecule has 10 heteroatoms. The molecule has 0 saturated heterocycles. The second-order valence-electron chi connectivity index (χ2n) is 5.89. The highest BCUT2D eigenvalue weighted by molar-refractivity contribution is 5.99. The maximum absolute atomic E-state index is 12.6. The number of ether oxygens (including phenoxy) is 2. The first-order valence-electron chi connectivity index (χ1n) is 8.74. The van der Waals surface area contributed by atoms with E-state index in [2.05, 4.69) is 15.3 Å². The predicted molar refractivity (Wildman–Crippen MR) is 103 cm³/mol. The minimum atomic E-state index is -0.627. The van der Waals surface area contributed by atoms with Gasteiger partial charge < -0.3 is 14.8 Å². The maximum atomic E-state index is 12.6. The number of hydrogen-bond acceptors (Lipinski definition) is 7. The van der Waals surface area contributed by atoms with E-state index < -0.39 is 10.8 Å². The Balaban J connectivity index is 1.77. The lowest BCUT2D eigenvalue weighted by Gasteiger charge is -2.12. The Kier molecular flexibility index (Phi) is 6.03. The van der Waals surface area contributed by atoms with Crippen LogP contribution in [-0.4, -0.2) is 39.1 Å². The second kappa shape index (κ2) is 8.83. The average molecular weight is 397 g/mol. The van der Waals surface area contributed by atoms with Crippen LogP contribution in [0.5, 0.6) is 11.5 Å². The Morgan fingerprint density at radius 3 is 2.72 bits per heavy atom. The van der Waals surface area contributed by atoms with E-state index in [0.29, 0.717) is 12.4 Å².